The molecule has 128 valence electrons. The lowest BCUT2D eigenvalue weighted by molar-refractivity contribution is -0.139. The summed E-state index contributed by atoms with van der Waals surface area (Å²) in [5, 5.41) is 14.5. The standard InChI is InChI=1S/C17H20N2O4S/c1-11(2)17-19-13(10-24-17)6-7-18-16(22)12-4-3-5-14(8-12)23-9-15(20)21/h3-5,8,10-11H,6-7,9H2,1-2H3,(H,18,22)(H,20,21). The fraction of sp³-hybridized carbons (Fsp3) is 0.353. The third-order valence-corrected chi connectivity index (χ3v) is 4.38. The number of ether oxygens (including phenoxy) is 1. The number of amides is 1. The number of carboxylic acid groups (broad SMARTS) is 1. The van der Waals surface area contributed by atoms with Crippen LogP contribution in [-0.4, -0.2) is 35.1 Å². The van der Waals surface area contributed by atoms with E-state index in [2.05, 4.69) is 24.1 Å². The highest BCUT2D eigenvalue weighted by atomic mass is 32.1. The van der Waals surface area contributed by atoms with E-state index in [4.69, 9.17) is 9.84 Å². The van der Waals surface area contributed by atoms with Crippen molar-refractivity contribution in [2.75, 3.05) is 13.2 Å². The van der Waals surface area contributed by atoms with Crippen LogP contribution in [0.5, 0.6) is 5.75 Å². The predicted octanol–water partition coefficient (Wildman–Crippen LogP) is 2.70. The van der Waals surface area contributed by atoms with Crippen molar-refractivity contribution in [2.24, 2.45) is 0 Å². The number of nitrogens with zero attached hydrogens (tertiary/aromatic N) is 1. The number of carbonyl (C=O) groups excluding carboxylic acids is 1. The van der Waals surface area contributed by atoms with E-state index in [0.29, 0.717) is 30.2 Å². The Hall–Kier alpha value is -2.41. The van der Waals surface area contributed by atoms with Gasteiger partial charge < -0.3 is 15.2 Å². The second-order valence-electron chi connectivity index (χ2n) is 5.55. The molecule has 6 nitrogen and oxygen atoms in total. The Bertz CT molecular complexity index is 712. The molecule has 0 saturated heterocycles. The van der Waals surface area contributed by atoms with E-state index in [1.54, 1.807) is 29.5 Å². The van der Waals surface area contributed by atoms with Crippen LogP contribution >= 0.6 is 11.3 Å². The number of carboxylic acids is 1. The van der Waals surface area contributed by atoms with Crippen molar-refractivity contribution in [1.82, 2.24) is 10.3 Å². The van der Waals surface area contributed by atoms with E-state index in [9.17, 15) is 9.59 Å². The molecular formula is C17H20N2O4S. The summed E-state index contributed by atoms with van der Waals surface area (Å²) in [6.07, 6.45) is 0.671. The van der Waals surface area contributed by atoms with Crippen molar-refractivity contribution in [3.05, 3.63) is 45.9 Å². The zero-order valence-corrected chi connectivity index (χ0v) is 14.4. The summed E-state index contributed by atoms with van der Waals surface area (Å²) in [5.74, 6) is -0.526. The second-order valence-corrected chi connectivity index (χ2v) is 6.44. The molecule has 1 amide bonds. The van der Waals surface area contributed by atoms with Gasteiger partial charge in [-0.25, -0.2) is 9.78 Å². The van der Waals surface area contributed by atoms with Gasteiger partial charge in [0.25, 0.3) is 5.91 Å². The van der Waals surface area contributed by atoms with Crippen LogP contribution in [0, 0.1) is 0 Å². The maximum Gasteiger partial charge on any atom is 0.341 e. The summed E-state index contributed by atoms with van der Waals surface area (Å²) in [7, 11) is 0. The highest BCUT2D eigenvalue weighted by molar-refractivity contribution is 7.09. The molecule has 2 N–H and O–H groups in total. The average Bonchev–Trinajstić information content (AvgIpc) is 3.02. The maximum absolute atomic E-state index is 12.1. The third kappa shape index (κ3) is 5.34. The van der Waals surface area contributed by atoms with E-state index in [0.717, 1.165) is 10.7 Å². The molecule has 0 saturated carbocycles. The van der Waals surface area contributed by atoms with E-state index >= 15 is 0 Å². The number of aromatic nitrogens is 1. The molecule has 0 spiro atoms. The minimum atomic E-state index is -1.06. The molecule has 0 aliphatic heterocycles. The molecule has 0 atom stereocenters. The quantitative estimate of drug-likeness (QED) is 0.766. The van der Waals surface area contributed by atoms with Gasteiger partial charge in [0.05, 0.1) is 10.7 Å². The van der Waals surface area contributed by atoms with E-state index in [1.165, 1.54) is 6.07 Å². The summed E-state index contributed by atoms with van der Waals surface area (Å²) in [5.41, 5.74) is 1.40. The smallest absolute Gasteiger partial charge is 0.341 e. The molecule has 7 heteroatoms. The van der Waals surface area contributed by atoms with Gasteiger partial charge in [0, 0.05) is 29.8 Å². The van der Waals surface area contributed by atoms with Crippen LogP contribution in [0.1, 0.15) is 40.8 Å². The Kier molecular flexibility index (Phi) is 6.31. The molecule has 2 rings (SSSR count). The van der Waals surface area contributed by atoms with Gasteiger partial charge in [-0.05, 0) is 18.2 Å². The SMILES string of the molecule is CC(C)c1nc(CCNC(=O)c2cccc(OCC(=O)O)c2)cs1. The number of carbonyl (C=O) groups is 2. The van der Waals surface area contributed by atoms with Crippen LogP contribution in [-0.2, 0) is 11.2 Å². The number of nitrogens with one attached hydrogen (secondary N) is 1. The molecule has 1 aromatic heterocycles. The van der Waals surface area contributed by atoms with Gasteiger partial charge in [-0.1, -0.05) is 19.9 Å². The largest absolute Gasteiger partial charge is 0.482 e. The van der Waals surface area contributed by atoms with Gasteiger partial charge in [-0.3, -0.25) is 4.79 Å². The van der Waals surface area contributed by atoms with Crippen molar-refractivity contribution in [1.29, 1.82) is 0 Å². The van der Waals surface area contributed by atoms with Crippen LogP contribution in [0.3, 0.4) is 0 Å². The lowest BCUT2D eigenvalue weighted by Crippen LogP contribution is -2.25. The summed E-state index contributed by atoms with van der Waals surface area (Å²) in [6, 6.07) is 6.45. The zero-order valence-electron chi connectivity index (χ0n) is 13.6. The van der Waals surface area contributed by atoms with Crippen molar-refractivity contribution >= 4 is 23.2 Å². The monoisotopic (exact) mass is 348 g/mol. The molecule has 0 aliphatic rings. The summed E-state index contributed by atoms with van der Waals surface area (Å²) in [4.78, 5) is 27.2. The van der Waals surface area contributed by atoms with Gasteiger partial charge in [-0.2, -0.15) is 0 Å². The molecule has 24 heavy (non-hydrogen) atoms. The van der Waals surface area contributed by atoms with E-state index in [-0.39, 0.29) is 5.91 Å². The molecule has 0 bridgehead atoms. The highest BCUT2D eigenvalue weighted by Crippen LogP contribution is 2.19. The number of aliphatic carboxylic acids is 1. The Balaban J connectivity index is 1.85. The predicted molar refractivity (Wildman–Crippen MR) is 91.8 cm³/mol. The van der Waals surface area contributed by atoms with Gasteiger partial charge in [0.2, 0.25) is 0 Å². The summed E-state index contributed by atoms with van der Waals surface area (Å²) >= 11 is 1.63. The average molecular weight is 348 g/mol. The lowest BCUT2D eigenvalue weighted by atomic mass is 10.2. The maximum atomic E-state index is 12.1. The van der Waals surface area contributed by atoms with Crippen LogP contribution in [0.25, 0.3) is 0 Å². The third-order valence-electron chi connectivity index (χ3n) is 3.19. The second kappa shape index (κ2) is 8.44. The first kappa shape index (κ1) is 17.9. The van der Waals surface area contributed by atoms with Gasteiger partial charge in [-0.15, -0.1) is 11.3 Å². The van der Waals surface area contributed by atoms with Crippen LogP contribution in [0.15, 0.2) is 29.6 Å². The normalized spacial score (nSPS) is 10.6. The molecule has 1 aromatic carbocycles. The fourth-order valence-electron chi connectivity index (χ4n) is 1.98. The highest BCUT2D eigenvalue weighted by Gasteiger charge is 2.09. The molecule has 0 aliphatic carbocycles. The first-order valence-corrected chi connectivity index (χ1v) is 8.51. The number of benzene rings is 1. The number of hydrogen-bond acceptors (Lipinski definition) is 5. The topological polar surface area (TPSA) is 88.5 Å². The summed E-state index contributed by atoms with van der Waals surface area (Å²) < 4.78 is 5.07. The van der Waals surface area contributed by atoms with Crippen LogP contribution in [0.4, 0.5) is 0 Å². The minimum Gasteiger partial charge on any atom is -0.482 e. The van der Waals surface area contributed by atoms with Gasteiger partial charge in [0.1, 0.15) is 5.75 Å². The zero-order chi connectivity index (χ0) is 17.5. The number of rotatable bonds is 8. The molecule has 0 radical (unpaired) electrons. The Morgan fingerprint density at radius 1 is 1.38 bits per heavy atom. The van der Waals surface area contributed by atoms with E-state index in [1.807, 2.05) is 5.38 Å². The van der Waals surface area contributed by atoms with E-state index < -0.39 is 12.6 Å². The first-order chi connectivity index (χ1) is 11.5. The Morgan fingerprint density at radius 2 is 2.17 bits per heavy atom. The minimum absolute atomic E-state index is 0.227. The number of thiazole rings is 1. The number of hydrogen-bond donors (Lipinski definition) is 2. The lowest BCUT2D eigenvalue weighted by Gasteiger charge is -2.07. The molecule has 1 heterocycles. The molecule has 0 fully saturated rings. The molecule has 0 unspecified atom stereocenters. The van der Waals surface area contributed by atoms with Crippen molar-refractivity contribution in [3.8, 4) is 5.75 Å². The van der Waals surface area contributed by atoms with Crippen molar-refractivity contribution < 1.29 is 19.4 Å². The molecule has 2 aromatic rings. The van der Waals surface area contributed by atoms with Gasteiger partial charge in [0.15, 0.2) is 6.61 Å². The Morgan fingerprint density at radius 3 is 2.83 bits per heavy atom. The fourth-order valence-corrected chi connectivity index (χ4v) is 2.85. The van der Waals surface area contributed by atoms with Gasteiger partial charge >= 0.3 is 5.97 Å². The first-order valence-electron chi connectivity index (χ1n) is 7.63. The molecular weight excluding hydrogens is 328 g/mol. The Labute approximate surface area is 144 Å². The van der Waals surface area contributed by atoms with Crippen molar-refractivity contribution in [2.45, 2.75) is 26.2 Å². The summed E-state index contributed by atoms with van der Waals surface area (Å²) in [6.45, 7) is 4.25. The van der Waals surface area contributed by atoms with Crippen molar-refractivity contribution in [3.63, 3.8) is 0 Å². The van der Waals surface area contributed by atoms with Crippen LogP contribution in [0.2, 0.25) is 0 Å². The van der Waals surface area contributed by atoms with Crippen LogP contribution < -0.4 is 10.1 Å².